The van der Waals surface area contributed by atoms with Crippen molar-refractivity contribution < 1.29 is 18.4 Å². The molecule has 180 valence electrons. The van der Waals surface area contributed by atoms with Gasteiger partial charge in [-0.1, -0.05) is 23.2 Å². The number of amides is 1. The van der Waals surface area contributed by atoms with Gasteiger partial charge in [0, 0.05) is 27.9 Å². The van der Waals surface area contributed by atoms with E-state index in [2.05, 4.69) is 26.2 Å². The Morgan fingerprint density at radius 3 is 2.67 bits per heavy atom. The lowest BCUT2D eigenvalue weighted by atomic mass is 10.2. The number of benzene rings is 3. The Labute approximate surface area is 224 Å². The van der Waals surface area contributed by atoms with Crippen LogP contribution in [0.2, 0.25) is 10.0 Å². The number of carbonyl (C=O) groups is 1. The van der Waals surface area contributed by atoms with Crippen molar-refractivity contribution in [3.8, 4) is 28.5 Å². The molecule has 5 rings (SSSR count). The number of hydrogen-bond acceptors (Lipinski definition) is 5. The normalized spacial score (nSPS) is 11.3. The van der Waals surface area contributed by atoms with Crippen LogP contribution in [0, 0.1) is 0 Å². The van der Waals surface area contributed by atoms with Crippen LogP contribution < -0.4 is 10.1 Å². The molecule has 0 saturated heterocycles. The number of oxazole rings is 1. The van der Waals surface area contributed by atoms with Gasteiger partial charge >= 0.3 is 0 Å². The largest absolute Gasteiger partial charge is 0.496 e. The second-order valence-corrected chi connectivity index (χ2v) is 9.40. The van der Waals surface area contributed by atoms with Crippen LogP contribution >= 0.6 is 39.1 Å². The second-order valence-electron chi connectivity index (χ2n) is 7.70. The number of ether oxygens (including phenoxy) is 1. The van der Waals surface area contributed by atoms with Crippen LogP contribution in [-0.4, -0.2) is 18.0 Å². The zero-order valence-electron chi connectivity index (χ0n) is 18.7. The van der Waals surface area contributed by atoms with Crippen molar-refractivity contribution in [2.24, 2.45) is 0 Å². The standard InChI is InChI=1S/C27H17BrCl2N2O4/c1-34-24-8-2-15(12-20(24)28)27-32-22-14-17(4-9-25(22)36-27)31-26(33)11-6-18-5-10-23(35-18)19-7-3-16(29)13-21(19)30/h2-14H,1H3,(H,31,33)/b11-6+. The van der Waals surface area contributed by atoms with Crippen LogP contribution in [0.5, 0.6) is 5.75 Å². The van der Waals surface area contributed by atoms with Crippen molar-refractivity contribution in [3.63, 3.8) is 0 Å². The molecular weight excluding hydrogens is 567 g/mol. The summed E-state index contributed by atoms with van der Waals surface area (Å²) in [5.74, 6) is 1.94. The molecule has 1 N–H and O–H groups in total. The van der Waals surface area contributed by atoms with E-state index in [-0.39, 0.29) is 5.91 Å². The van der Waals surface area contributed by atoms with Crippen molar-refractivity contribution >= 4 is 67.9 Å². The van der Waals surface area contributed by atoms with E-state index in [1.54, 1.807) is 61.7 Å². The number of anilines is 1. The fourth-order valence-electron chi connectivity index (χ4n) is 3.55. The number of fused-ring (bicyclic) bond motifs is 1. The van der Waals surface area contributed by atoms with Gasteiger partial charge in [0.05, 0.1) is 16.6 Å². The van der Waals surface area contributed by atoms with Crippen molar-refractivity contribution in [2.45, 2.75) is 0 Å². The molecule has 0 unspecified atom stereocenters. The molecule has 0 radical (unpaired) electrons. The molecule has 5 aromatic rings. The number of nitrogens with one attached hydrogen (secondary N) is 1. The third-order valence-electron chi connectivity index (χ3n) is 5.28. The first-order valence-corrected chi connectivity index (χ1v) is 12.2. The summed E-state index contributed by atoms with van der Waals surface area (Å²) in [6.45, 7) is 0. The highest BCUT2D eigenvalue weighted by atomic mass is 79.9. The lowest BCUT2D eigenvalue weighted by Crippen LogP contribution is -2.07. The van der Waals surface area contributed by atoms with Crippen LogP contribution in [0.3, 0.4) is 0 Å². The number of rotatable bonds is 6. The fraction of sp³-hybridized carbons (Fsp3) is 0.0370. The van der Waals surface area contributed by atoms with Gasteiger partial charge in [-0.15, -0.1) is 0 Å². The third kappa shape index (κ3) is 5.18. The Morgan fingerprint density at radius 2 is 1.89 bits per heavy atom. The number of aromatic nitrogens is 1. The number of hydrogen-bond donors (Lipinski definition) is 1. The third-order valence-corrected chi connectivity index (χ3v) is 6.44. The average Bonchev–Trinajstić information content (AvgIpc) is 3.49. The molecule has 0 saturated carbocycles. The average molecular weight is 584 g/mol. The van der Waals surface area contributed by atoms with E-state index >= 15 is 0 Å². The summed E-state index contributed by atoms with van der Waals surface area (Å²) in [6.07, 6.45) is 2.97. The van der Waals surface area contributed by atoms with E-state index in [9.17, 15) is 4.79 Å². The predicted molar refractivity (Wildman–Crippen MR) is 146 cm³/mol. The maximum absolute atomic E-state index is 12.5. The molecule has 0 atom stereocenters. The second kappa shape index (κ2) is 10.2. The molecule has 0 bridgehead atoms. The molecule has 0 aliphatic rings. The van der Waals surface area contributed by atoms with Gasteiger partial charge in [-0.2, -0.15) is 0 Å². The van der Waals surface area contributed by atoms with E-state index in [1.165, 1.54) is 6.08 Å². The number of halogens is 3. The van der Waals surface area contributed by atoms with E-state index in [0.717, 1.165) is 10.0 Å². The van der Waals surface area contributed by atoms with Crippen LogP contribution in [-0.2, 0) is 4.79 Å². The highest BCUT2D eigenvalue weighted by Crippen LogP contribution is 2.33. The molecule has 0 spiro atoms. The molecule has 6 nitrogen and oxygen atoms in total. The highest BCUT2D eigenvalue weighted by molar-refractivity contribution is 9.10. The van der Waals surface area contributed by atoms with Crippen molar-refractivity contribution in [1.82, 2.24) is 4.98 Å². The minimum atomic E-state index is -0.320. The van der Waals surface area contributed by atoms with Gasteiger partial charge in [-0.3, -0.25) is 4.79 Å². The van der Waals surface area contributed by atoms with Gasteiger partial charge in [0.25, 0.3) is 0 Å². The Balaban J connectivity index is 1.28. The zero-order valence-corrected chi connectivity index (χ0v) is 21.8. The van der Waals surface area contributed by atoms with Crippen molar-refractivity contribution in [3.05, 3.63) is 93.1 Å². The molecule has 2 aromatic heterocycles. The Bertz CT molecular complexity index is 1620. The van der Waals surface area contributed by atoms with Crippen molar-refractivity contribution in [1.29, 1.82) is 0 Å². The minimum Gasteiger partial charge on any atom is -0.496 e. The maximum atomic E-state index is 12.5. The fourth-order valence-corrected chi connectivity index (χ4v) is 4.59. The summed E-state index contributed by atoms with van der Waals surface area (Å²) in [4.78, 5) is 17.0. The molecule has 0 aliphatic carbocycles. The van der Waals surface area contributed by atoms with Gasteiger partial charge in [-0.25, -0.2) is 4.98 Å². The van der Waals surface area contributed by atoms with Crippen LogP contribution in [0.15, 0.2) is 86.1 Å². The van der Waals surface area contributed by atoms with Gasteiger partial charge in [0.2, 0.25) is 11.8 Å². The lowest BCUT2D eigenvalue weighted by molar-refractivity contribution is -0.111. The smallest absolute Gasteiger partial charge is 0.248 e. The Morgan fingerprint density at radius 1 is 1.03 bits per heavy atom. The summed E-state index contributed by atoms with van der Waals surface area (Å²) in [6, 6.07) is 19.5. The van der Waals surface area contributed by atoms with Gasteiger partial charge < -0.3 is 18.9 Å². The first-order chi connectivity index (χ1) is 17.4. The zero-order chi connectivity index (χ0) is 25.2. The molecule has 0 fully saturated rings. The van der Waals surface area contributed by atoms with E-state index < -0.39 is 0 Å². The molecule has 9 heteroatoms. The van der Waals surface area contributed by atoms with Gasteiger partial charge in [0.15, 0.2) is 5.58 Å². The summed E-state index contributed by atoms with van der Waals surface area (Å²) in [5, 5.41) is 3.85. The molecule has 36 heavy (non-hydrogen) atoms. The van der Waals surface area contributed by atoms with E-state index in [1.807, 2.05) is 18.2 Å². The van der Waals surface area contributed by atoms with Crippen LogP contribution in [0.4, 0.5) is 5.69 Å². The molecule has 1 amide bonds. The van der Waals surface area contributed by atoms with E-state index in [0.29, 0.717) is 55.6 Å². The molecule has 0 aliphatic heterocycles. The van der Waals surface area contributed by atoms with Crippen molar-refractivity contribution in [2.75, 3.05) is 12.4 Å². The quantitative estimate of drug-likeness (QED) is 0.203. The lowest BCUT2D eigenvalue weighted by Gasteiger charge is -2.03. The number of methoxy groups -OCH3 is 1. The summed E-state index contributed by atoms with van der Waals surface area (Å²) in [7, 11) is 1.60. The highest BCUT2D eigenvalue weighted by Gasteiger charge is 2.12. The maximum Gasteiger partial charge on any atom is 0.248 e. The topological polar surface area (TPSA) is 77.5 Å². The number of furan rings is 1. The van der Waals surface area contributed by atoms with Crippen LogP contribution in [0.25, 0.3) is 40.0 Å². The van der Waals surface area contributed by atoms with E-state index in [4.69, 9.17) is 36.8 Å². The monoisotopic (exact) mass is 582 g/mol. The summed E-state index contributed by atoms with van der Waals surface area (Å²) < 4.78 is 17.7. The summed E-state index contributed by atoms with van der Waals surface area (Å²) in [5.41, 5.74) is 3.32. The number of carbonyl (C=O) groups excluding carboxylic acids is 1. The Hall–Kier alpha value is -3.52. The van der Waals surface area contributed by atoms with Crippen LogP contribution in [0.1, 0.15) is 5.76 Å². The van der Waals surface area contributed by atoms with Gasteiger partial charge in [-0.05, 0) is 88.7 Å². The summed E-state index contributed by atoms with van der Waals surface area (Å²) >= 11 is 15.7. The Kier molecular flexibility index (Phi) is 6.87. The molecular formula is C27H17BrCl2N2O4. The molecule has 2 heterocycles. The minimum absolute atomic E-state index is 0.320. The number of nitrogens with zero attached hydrogens (tertiary/aromatic N) is 1. The SMILES string of the molecule is COc1ccc(-c2nc3cc(NC(=O)/C=C/c4ccc(-c5ccc(Cl)cc5Cl)o4)ccc3o2)cc1Br. The first-order valence-electron chi connectivity index (χ1n) is 10.7. The predicted octanol–water partition coefficient (Wildman–Crippen LogP) is 8.48. The van der Waals surface area contributed by atoms with Gasteiger partial charge in [0.1, 0.15) is 22.8 Å². The first kappa shape index (κ1) is 24.2. The molecule has 3 aromatic carbocycles.